The Hall–Kier alpha value is -2.30. The number of nitrogens with one attached hydrogen (secondary N) is 1. The minimum absolute atomic E-state index is 0.169. The third-order valence-electron chi connectivity index (χ3n) is 2.61. The number of rotatable bonds is 4. The molecule has 0 aliphatic rings. The second-order valence-corrected chi connectivity index (χ2v) is 4.55. The van der Waals surface area contributed by atoms with Crippen molar-refractivity contribution >= 4 is 17.3 Å². The Balaban J connectivity index is 2.13. The molecule has 0 fully saturated rings. The number of hydrogen-bond acceptors (Lipinski definition) is 5. The largest absolute Gasteiger partial charge is 0.491 e. The highest BCUT2D eigenvalue weighted by Crippen LogP contribution is 2.22. The molecule has 0 spiro atoms. The van der Waals surface area contributed by atoms with Gasteiger partial charge in [-0.3, -0.25) is 0 Å². The molecule has 1 heterocycles. The van der Waals surface area contributed by atoms with E-state index < -0.39 is 0 Å². The molecule has 0 radical (unpaired) electrons. The van der Waals surface area contributed by atoms with E-state index in [1.165, 1.54) is 6.33 Å². The van der Waals surface area contributed by atoms with Gasteiger partial charge in [-0.2, -0.15) is 0 Å². The third-order valence-corrected chi connectivity index (χ3v) is 2.61. The molecule has 0 atom stereocenters. The van der Waals surface area contributed by atoms with E-state index in [9.17, 15) is 0 Å². The average Bonchev–Trinajstić information content (AvgIpc) is 2.37. The zero-order chi connectivity index (χ0) is 13.8. The van der Waals surface area contributed by atoms with E-state index in [0.29, 0.717) is 11.6 Å². The van der Waals surface area contributed by atoms with Crippen LogP contribution in [0.15, 0.2) is 30.6 Å². The lowest BCUT2D eigenvalue weighted by atomic mass is 10.2. The maximum Gasteiger partial charge on any atom is 0.138 e. The summed E-state index contributed by atoms with van der Waals surface area (Å²) in [7, 11) is 0. The summed E-state index contributed by atoms with van der Waals surface area (Å²) in [6.45, 7) is 5.88. The van der Waals surface area contributed by atoms with Crippen molar-refractivity contribution < 1.29 is 4.74 Å². The molecule has 19 heavy (non-hydrogen) atoms. The van der Waals surface area contributed by atoms with Gasteiger partial charge in [0.2, 0.25) is 0 Å². The lowest BCUT2D eigenvalue weighted by Gasteiger charge is -2.12. The van der Waals surface area contributed by atoms with Gasteiger partial charge in [0.05, 0.1) is 6.10 Å². The second kappa shape index (κ2) is 5.56. The van der Waals surface area contributed by atoms with E-state index in [4.69, 9.17) is 10.5 Å². The fourth-order valence-corrected chi connectivity index (χ4v) is 1.62. The monoisotopic (exact) mass is 258 g/mol. The summed E-state index contributed by atoms with van der Waals surface area (Å²) >= 11 is 0. The van der Waals surface area contributed by atoms with Crippen LogP contribution in [0, 0.1) is 6.92 Å². The first-order valence-corrected chi connectivity index (χ1v) is 6.17. The van der Waals surface area contributed by atoms with Gasteiger partial charge in [-0.1, -0.05) is 0 Å². The molecular formula is C14H18N4O. The number of benzene rings is 1. The van der Waals surface area contributed by atoms with Gasteiger partial charge >= 0.3 is 0 Å². The molecule has 100 valence electrons. The lowest BCUT2D eigenvalue weighted by Crippen LogP contribution is -2.05. The van der Waals surface area contributed by atoms with Crippen LogP contribution in [0.25, 0.3) is 0 Å². The summed E-state index contributed by atoms with van der Waals surface area (Å²) in [6.07, 6.45) is 1.61. The van der Waals surface area contributed by atoms with Gasteiger partial charge in [-0.25, -0.2) is 9.97 Å². The van der Waals surface area contributed by atoms with Crippen LogP contribution < -0.4 is 15.8 Å². The Kier molecular flexibility index (Phi) is 3.85. The minimum atomic E-state index is 0.169. The van der Waals surface area contributed by atoms with E-state index in [-0.39, 0.29) is 6.10 Å². The van der Waals surface area contributed by atoms with Gasteiger partial charge in [0.25, 0.3) is 0 Å². The van der Waals surface area contributed by atoms with Crippen LogP contribution in [-0.4, -0.2) is 16.1 Å². The summed E-state index contributed by atoms with van der Waals surface area (Å²) in [4.78, 5) is 8.11. The fourth-order valence-electron chi connectivity index (χ4n) is 1.62. The molecule has 0 amide bonds. The van der Waals surface area contributed by atoms with Crippen LogP contribution >= 0.6 is 0 Å². The average molecular weight is 258 g/mol. The molecular weight excluding hydrogens is 240 g/mol. The molecule has 1 aromatic heterocycles. The van der Waals surface area contributed by atoms with Crippen molar-refractivity contribution in [3.63, 3.8) is 0 Å². The first-order chi connectivity index (χ1) is 9.06. The standard InChI is InChI=1S/C14H18N4O/c1-9(2)19-12-6-4-11(5-7-12)18-14-10(3)13(15)16-8-17-14/h4-9H,1-3H3,(H3,15,16,17,18). The molecule has 2 rings (SSSR count). The summed E-state index contributed by atoms with van der Waals surface area (Å²) in [5.74, 6) is 2.04. The van der Waals surface area contributed by atoms with Crippen LogP contribution in [0.4, 0.5) is 17.3 Å². The number of aromatic nitrogens is 2. The van der Waals surface area contributed by atoms with E-state index in [2.05, 4.69) is 15.3 Å². The smallest absolute Gasteiger partial charge is 0.138 e. The molecule has 0 aliphatic carbocycles. The zero-order valence-electron chi connectivity index (χ0n) is 11.3. The van der Waals surface area contributed by atoms with E-state index in [0.717, 1.165) is 17.0 Å². The van der Waals surface area contributed by atoms with Crippen molar-refractivity contribution in [2.24, 2.45) is 0 Å². The normalized spacial score (nSPS) is 10.5. The highest BCUT2D eigenvalue weighted by Gasteiger charge is 2.04. The summed E-state index contributed by atoms with van der Waals surface area (Å²) < 4.78 is 5.59. The molecule has 0 saturated carbocycles. The highest BCUT2D eigenvalue weighted by atomic mass is 16.5. The van der Waals surface area contributed by atoms with Crippen LogP contribution in [0.2, 0.25) is 0 Å². The van der Waals surface area contributed by atoms with Crippen LogP contribution in [0.3, 0.4) is 0 Å². The molecule has 5 heteroatoms. The number of nitrogen functional groups attached to an aromatic ring is 1. The van der Waals surface area contributed by atoms with Gasteiger partial charge in [0.1, 0.15) is 23.7 Å². The number of ether oxygens (including phenoxy) is 1. The zero-order valence-corrected chi connectivity index (χ0v) is 11.3. The first kappa shape index (κ1) is 13.1. The van der Waals surface area contributed by atoms with Crippen LogP contribution in [0.5, 0.6) is 5.75 Å². The summed E-state index contributed by atoms with van der Waals surface area (Å²) in [5, 5.41) is 3.21. The predicted molar refractivity (Wildman–Crippen MR) is 76.7 cm³/mol. The van der Waals surface area contributed by atoms with Gasteiger partial charge in [-0.05, 0) is 45.0 Å². The van der Waals surface area contributed by atoms with Crippen molar-refractivity contribution in [1.29, 1.82) is 0 Å². The Bertz CT molecular complexity index is 552. The molecule has 5 nitrogen and oxygen atoms in total. The van der Waals surface area contributed by atoms with Gasteiger partial charge in [0.15, 0.2) is 0 Å². The van der Waals surface area contributed by atoms with E-state index >= 15 is 0 Å². The quantitative estimate of drug-likeness (QED) is 0.882. The Morgan fingerprint density at radius 3 is 2.47 bits per heavy atom. The number of nitrogens with zero attached hydrogens (tertiary/aromatic N) is 2. The van der Waals surface area contributed by atoms with Crippen LogP contribution in [0.1, 0.15) is 19.4 Å². The third kappa shape index (κ3) is 3.34. The molecule has 1 aromatic carbocycles. The number of anilines is 3. The Morgan fingerprint density at radius 1 is 1.16 bits per heavy atom. The molecule has 3 N–H and O–H groups in total. The van der Waals surface area contributed by atoms with Crippen LogP contribution in [-0.2, 0) is 0 Å². The van der Waals surface area contributed by atoms with Crippen molar-refractivity contribution in [3.05, 3.63) is 36.2 Å². The lowest BCUT2D eigenvalue weighted by molar-refractivity contribution is 0.242. The minimum Gasteiger partial charge on any atom is -0.491 e. The van der Waals surface area contributed by atoms with E-state index in [1.807, 2.05) is 45.0 Å². The number of hydrogen-bond donors (Lipinski definition) is 2. The van der Waals surface area contributed by atoms with E-state index in [1.54, 1.807) is 0 Å². The number of nitrogens with two attached hydrogens (primary N) is 1. The maximum atomic E-state index is 5.74. The molecule has 0 saturated heterocycles. The van der Waals surface area contributed by atoms with Crippen molar-refractivity contribution in [2.75, 3.05) is 11.1 Å². The predicted octanol–water partition coefficient (Wildman–Crippen LogP) is 2.90. The topological polar surface area (TPSA) is 73.1 Å². The molecule has 0 bridgehead atoms. The highest BCUT2D eigenvalue weighted by molar-refractivity contribution is 5.63. The molecule has 0 aliphatic heterocycles. The Labute approximate surface area is 112 Å². The van der Waals surface area contributed by atoms with Crippen molar-refractivity contribution in [1.82, 2.24) is 9.97 Å². The SMILES string of the molecule is Cc1c(N)ncnc1Nc1ccc(OC(C)C)cc1. The second-order valence-electron chi connectivity index (χ2n) is 4.55. The first-order valence-electron chi connectivity index (χ1n) is 6.17. The Morgan fingerprint density at radius 2 is 1.84 bits per heavy atom. The van der Waals surface area contributed by atoms with Gasteiger partial charge in [0, 0.05) is 11.3 Å². The summed E-state index contributed by atoms with van der Waals surface area (Å²) in [5.41, 5.74) is 7.51. The van der Waals surface area contributed by atoms with Crippen molar-refractivity contribution in [2.45, 2.75) is 26.9 Å². The maximum absolute atomic E-state index is 5.74. The molecule has 2 aromatic rings. The fraction of sp³-hybridized carbons (Fsp3) is 0.286. The van der Waals surface area contributed by atoms with Gasteiger partial charge in [-0.15, -0.1) is 0 Å². The van der Waals surface area contributed by atoms with Gasteiger partial charge < -0.3 is 15.8 Å². The summed E-state index contributed by atoms with van der Waals surface area (Å²) in [6, 6.07) is 7.72. The van der Waals surface area contributed by atoms with Crippen molar-refractivity contribution in [3.8, 4) is 5.75 Å². The molecule has 0 unspecified atom stereocenters.